The molecule has 98 valence electrons. The lowest BCUT2D eigenvalue weighted by atomic mass is 10.1. The highest BCUT2D eigenvalue weighted by Gasteiger charge is 2.10. The van der Waals surface area contributed by atoms with Crippen molar-refractivity contribution in [2.45, 2.75) is 13.3 Å². The number of aryl methyl sites for hydroxylation is 1. The lowest BCUT2D eigenvalue weighted by molar-refractivity contribution is 0.476. The Morgan fingerprint density at radius 3 is 2.63 bits per heavy atom. The van der Waals surface area contributed by atoms with Gasteiger partial charge in [-0.05, 0) is 30.2 Å². The molecule has 19 heavy (non-hydrogen) atoms. The van der Waals surface area contributed by atoms with Gasteiger partial charge in [0, 0.05) is 11.1 Å². The van der Waals surface area contributed by atoms with Crippen LogP contribution in [0, 0.1) is 0 Å². The Labute approximate surface area is 123 Å². The fourth-order valence-electron chi connectivity index (χ4n) is 1.80. The first-order valence-electron chi connectivity index (χ1n) is 5.97. The summed E-state index contributed by atoms with van der Waals surface area (Å²) in [6, 6.07) is 13.1. The van der Waals surface area contributed by atoms with Crippen LogP contribution < -0.4 is 10.5 Å². The Morgan fingerprint density at radius 1 is 1.21 bits per heavy atom. The highest BCUT2D eigenvalue weighted by molar-refractivity contribution is 7.80. The zero-order valence-electron chi connectivity index (χ0n) is 10.5. The van der Waals surface area contributed by atoms with Crippen LogP contribution in [0.15, 0.2) is 42.5 Å². The second-order valence-electron chi connectivity index (χ2n) is 4.07. The average molecular weight is 292 g/mol. The van der Waals surface area contributed by atoms with Gasteiger partial charge in [-0.3, -0.25) is 0 Å². The van der Waals surface area contributed by atoms with E-state index >= 15 is 0 Å². The highest BCUT2D eigenvalue weighted by atomic mass is 35.5. The number of benzene rings is 2. The monoisotopic (exact) mass is 291 g/mol. The van der Waals surface area contributed by atoms with E-state index in [1.165, 1.54) is 0 Å². The molecular weight excluding hydrogens is 278 g/mol. The van der Waals surface area contributed by atoms with Gasteiger partial charge in [0.05, 0.1) is 5.56 Å². The molecule has 0 aromatic heterocycles. The first-order chi connectivity index (χ1) is 9.11. The van der Waals surface area contributed by atoms with Gasteiger partial charge < -0.3 is 10.5 Å². The van der Waals surface area contributed by atoms with Gasteiger partial charge >= 0.3 is 0 Å². The Balaban J connectivity index is 2.42. The maximum Gasteiger partial charge on any atom is 0.139 e. The van der Waals surface area contributed by atoms with Crippen LogP contribution >= 0.6 is 23.8 Å². The molecule has 2 aromatic rings. The number of para-hydroxylation sites is 1. The molecule has 2 aromatic carbocycles. The second-order valence-corrected chi connectivity index (χ2v) is 4.94. The molecule has 0 aliphatic heterocycles. The van der Waals surface area contributed by atoms with Crippen molar-refractivity contribution in [2.75, 3.05) is 0 Å². The molecule has 0 aliphatic carbocycles. The fourth-order valence-corrected chi connectivity index (χ4v) is 2.13. The fraction of sp³-hybridized carbons (Fsp3) is 0.133. The minimum atomic E-state index is 0.292. The van der Waals surface area contributed by atoms with Crippen molar-refractivity contribution in [3.63, 3.8) is 0 Å². The van der Waals surface area contributed by atoms with Crippen LogP contribution in [0.2, 0.25) is 5.02 Å². The topological polar surface area (TPSA) is 35.2 Å². The molecule has 0 spiro atoms. The van der Waals surface area contributed by atoms with Crippen molar-refractivity contribution in [1.82, 2.24) is 0 Å². The lowest BCUT2D eigenvalue weighted by Crippen LogP contribution is -2.10. The molecule has 4 heteroatoms. The van der Waals surface area contributed by atoms with Crippen LogP contribution in [-0.2, 0) is 6.42 Å². The number of thiocarbonyl (C=S) groups is 1. The predicted octanol–water partition coefficient (Wildman–Crippen LogP) is 4.33. The van der Waals surface area contributed by atoms with E-state index in [4.69, 9.17) is 34.3 Å². The number of hydrogen-bond acceptors (Lipinski definition) is 2. The van der Waals surface area contributed by atoms with Crippen molar-refractivity contribution in [2.24, 2.45) is 5.73 Å². The third-order valence-corrected chi connectivity index (χ3v) is 3.24. The molecule has 0 saturated carbocycles. The van der Waals surface area contributed by atoms with Gasteiger partial charge in [-0.1, -0.05) is 48.9 Å². The van der Waals surface area contributed by atoms with Gasteiger partial charge in [0.25, 0.3) is 0 Å². The summed E-state index contributed by atoms with van der Waals surface area (Å²) in [6.45, 7) is 2.08. The van der Waals surface area contributed by atoms with E-state index in [0.29, 0.717) is 21.3 Å². The van der Waals surface area contributed by atoms with Gasteiger partial charge in [-0.2, -0.15) is 0 Å². The molecule has 0 bridgehead atoms. The summed E-state index contributed by atoms with van der Waals surface area (Å²) in [5.74, 6) is 1.38. The van der Waals surface area contributed by atoms with E-state index in [2.05, 4.69) is 6.92 Å². The third kappa shape index (κ3) is 3.25. The molecule has 2 N–H and O–H groups in total. The SMILES string of the molecule is CCc1ccccc1Oc1cc(Cl)ccc1C(N)=S. The second kappa shape index (κ2) is 6.04. The van der Waals surface area contributed by atoms with Crippen molar-refractivity contribution >= 4 is 28.8 Å². The van der Waals surface area contributed by atoms with Gasteiger partial charge in [-0.25, -0.2) is 0 Å². The Bertz CT molecular complexity index is 613. The lowest BCUT2D eigenvalue weighted by Gasteiger charge is -2.13. The molecule has 0 fully saturated rings. The van der Waals surface area contributed by atoms with Gasteiger partial charge in [0.1, 0.15) is 16.5 Å². The van der Waals surface area contributed by atoms with E-state index < -0.39 is 0 Å². The zero-order valence-corrected chi connectivity index (χ0v) is 12.1. The summed E-state index contributed by atoms with van der Waals surface area (Å²) in [5.41, 5.74) is 7.50. The van der Waals surface area contributed by atoms with Crippen molar-refractivity contribution in [1.29, 1.82) is 0 Å². The summed E-state index contributed by atoms with van der Waals surface area (Å²) >= 11 is 11.0. The van der Waals surface area contributed by atoms with Crippen molar-refractivity contribution < 1.29 is 4.74 Å². The summed E-state index contributed by atoms with van der Waals surface area (Å²) in [4.78, 5) is 0.292. The average Bonchev–Trinajstić information content (AvgIpc) is 2.39. The largest absolute Gasteiger partial charge is 0.456 e. The Morgan fingerprint density at radius 2 is 1.95 bits per heavy atom. The van der Waals surface area contributed by atoms with Crippen LogP contribution in [-0.4, -0.2) is 4.99 Å². The number of halogens is 1. The molecule has 0 aliphatic rings. The Kier molecular flexibility index (Phi) is 4.40. The van der Waals surface area contributed by atoms with Crippen LogP contribution in [0.5, 0.6) is 11.5 Å². The number of nitrogens with two attached hydrogens (primary N) is 1. The van der Waals surface area contributed by atoms with E-state index in [0.717, 1.165) is 17.7 Å². The first kappa shape index (κ1) is 13.8. The molecule has 0 saturated heterocycles. The maximum absolute atomic E-state index is 6.00. The summed E-state index contributed by atoms with van der Waals surface area (Å²) in [7, 11) is 0. The summed E-state index contributed by atoms with van der Waals surface area (Å²) in [5, 5.41) is 0.587. The molecule has 2 rings (SSSR count). The van der Waals surface area contributed by atoms with Crippen LogP contribution in [0.3, 0.4) is 0 Å². The number of rotatable bonds is 4. The summed E-state index contributed by atoms with van der Waals surface area (Å²) in [6.07, 6.45) is 0.888. The van der Waals surface area contributed by atoms with Gasteiger partial charge in [-0.15, -0.1) is 0 Å². The molecule has 0 unspecified atom stereocenters. The number of ether oxygens (including phenoxy) is 1. The minimum absolute atomic E-state index is 0.292. The summed E-state index contributed by atoms with van der Waals surface area (Å²) < 4.78 is 5.92. The van der Waals surface area contributed by atoms with Crippen molar-refractivity contribution in [3.8, 4) is 11.5 Å². The van der Waals surface area contributed by atoms with E-state index in [1.807, 2.05) is 24.3 Å². The molecule has 0 radical (unpaired) electrons. The number of hydrogen-bond donors (Lipinski definition) is 1. The minimum Gasteiger partial charge on any atom is -0.456 e. The van der Waals surface area contributed by atoms with Crippen molar-refractivity contribution in [3.05, 3.63) is 58.6 Å². The van der Waals surface area contributed by atoms with Gasteiger partial charge in [0.15, 0.2) is 0 Å². The van der Waals surface area contributed by atoms with Crippen LogP contribution in [0.4, 0.5) is 0 Å². The van der Waals surface area contributed by atoms with Gasteiger partial charge in [0.2, 0.25) is 0 Å². The van der Waals surface area contributed by atoms with E-state index in [9.17, 15) is 0 Å². The van der Waals surface area contributed by atoms with E-state index in [-0.39, 0.29) is 0 Å². The quantitative estimate of drug-likeness (QED) is 0.852. The van der Waals surface area contributed by atoms with Crippen LogP contribution in [0.1, 0.15) is 18.1 Å². The smallest absolute Gasteiger partial charge is 0.139 e. The normalized spacial score (nSPS) is 10.2. The first-order valence-corrected chi connectivity index (χ1v) is 6.75. The maximum atomic E-state index is 6.00. The zero-order chi connectivity index (χ0) is 13.8. The molecule has 2 nitrogen and oxygen atoms in total. The molecule has 0 atom stereocenters. The predicted molar refractivity (Wildman–Crippen MR) is 83.2 cm³/mol. The highest BCUT2D eigenvalue weighted by Crippen LogP contribution is 2.30. The standard InChI is InChI=1S/C15H14ClNOS/c1-2-10-5-3-4-6-13(10)18-14-9-11(16)7-8-12(14)15(17)19/h3-9H,2H2,1H3,(H2,17,19). The van der Waals surface area contributed by atoms with E-state index in [1.54, 1.807) is 18.2 Å². The van der Waals surface area contributed by atoms with Crippen LogP contribution in [0.25, 0.3) is 0 Å². The molecule has 0 amide bonds. The Hall–Kier alpha value is -1.58. The third-order valence-electron chi connectivity index (χ3n) is 2.78. The molecular formula is C15H14ClNOS. The molecule has 0 heterocycles.